The van der Waals surface area contributed by atoms with Gasteiger partial charge in [0, 0.05) is 26.4 Å². The highest BCUT2D eigenvalue weighted by molar-refractivity contribution is 9.11. The molecule has 2 unspecified atom stereocenters. The van der Waals surface area contributed by atoms with E-state index in [0.717, 1.165) is 8.95 Å². The lowest BCUT2D eigenvalue weighted by Crippen LogP contribution is -2.21. The fourth-order valence-corrected chi connectivity index (χ4v) is 3.35. The van der Waals surface area contributed by atoms with Crippen molar-refractivity contribution in [3.05, 3.63) is 67.3 Å². The molecule has 0 aliphatic rings. The van der Waals surface area contributed by atoms with Crippen LogP contribution in [-0.4, -0.2) is 11.7 Å². The predicted molar refractivity (Wildman–Crippen MR) is 90.0 cm³/mol. The molecule has 0 aliphatic carbocycles. The van der Waals surface area contributed by atoms with E-state index in [9.17, 15) is 9.50 Å². The summed E-state index contributed by atoms with van der Waals surface area (Å²) in [5, 5.41) is 10.9. The second-order valence-corrected chi connectivity index (χ2v) is 6.80. The number of hydrogen-bond acceptors (Lipinski definition) is 2. The monoisotopic (exact) mass is 435 g/mol. The molecule has 2 nitrogen and oxygen atoms in total. The molecule has 0 saturated carbocycles. The van der Waals surface area contributed by atoms with Crippen molar-refractivity contribution in [1.29, 1.82) is 0 Å². The van der Waals surface area contributed by atoms with E-state index in [2.05, 4.69) is 31.9 Å². The highest BCUT2D eigenvalue weighted by Crippen LogP contribution is 2.38. The lowest BCUT2D eigenvalue weighted by atomic mass is 9.89. The Labute approximate surface area is 144 Å². The normalized spacial score (nSPS) is 14.0. The van der Waals surface area contributed by atoms with Crippen LogP contribution in [0.25, 0.3) is 0 Å². The number of aliphatic hydroxyl groups is 1. The predicted octanol–water partition coefficient (Wildman–Crippen LogP) is 4.78. The molecule has 0 aliphatic heterocycles. The summed E-state index contributed by atoms with van der Waals surface area (Å²) in [6, 6.07) is 9.61. The van der Waals surface area contributed by atoms with Gasteiger partial charge in [-0.25, -0.2) is 4.39 Å². The van der Waals surface area contributed by atoms with Crippen LogP contribution in [0.3, 0.4) is 0 Å². The Bertz CT molecular complexity index is 654. The third-order valence-corrected chi connectivity index (χ3v) is 4.82. The summed E-state index contributed by atoms with van der Waals surface area (Å²) in [5.41, 5.74) is 7.12. The SMILES string of the molecule is NCC(c1ccc(F)cc1Cl)C(O)c1cc(Br)ccc1Br. The Balaban J connectivity index is 2.43. The molecule has 0 saturated heterocycles. The van der Waals surface area contributed by atoms with Crippen molar-refractivity contribution >= 4 is 43.5 Å². The molecule has 0 spiro atoms. The van der Waals surface area contributed by atoms with Gasteiger partial charge in [-0.2, -0.15) is 0 Å². The topological polar surface area (TPSA) is 46.2 Å². The summed E-state index contributed by atoms with van der Waals surface area (Å²) in [4.78, 5) is 0. The summed E-state index contributed by atoms with van der Waals surface area (Å²) in [5.74, 6) is -0.846. The number of hydrogen-bond donors (Lipinski definition) is 2. The zero-order valence-electron chi connectivity index (χ0n) is 10.9. The van der Waals surface area contributed by atoms with Gasteiger partial charge in [0.05, 0.1) is 6.10 Å². The second kappa shape index (κ2) is 7.20. The highest BCUT2D eigenvalue weighted by atomic mass is 79.9. The van der Waals surface area contributed by atoms with Crippen LogP contribution >= 0.6 is 43.5 Å². The van der Waals surface area contributed by atoms with Crippen molar-refractivity contribution in [2.75, 3.05) is 6.54 Å². The highest BCUT2D eigenvalue weighted by Gasteiger charge is 2.25. The quantitative estimate of drug-likeness (QED) is 0.723. The van der Waals surface area contributed by atoms with Crippen LogP contribution in [0.1, 0.15) is 23.1 Å². The zero-order chi connectivity index (χ0) is 15.6. The maximum Gasteiger partial charge on any atom is 0.124 e. The minimum absolute atomic E-state index is 0.186. The van der Waals surface area contributed by atoms with E-state index in [0.29, 0.717) is 11.1 Å². The summed E-state index contributed by atoms with van der Waals surface area (Å²) in [7, 11) is 0. The molecule has 0 heterocycles. The number of aliphatic hydroxyl groups excluding tert-OH is 1. The number of halogens is 4. The van der Waals surface area contributed by atoms with Crippen LogP contribution < -0.4 is 5.73 Å². The third-order valence-electron chi connectivity index (χ3n) is 3.27. The number of benzene rings is 2. The lowest BCUT2D eigenvalue weighted by molar-refractivity contribution is 0.146. The van der Waals surface area contributed by atoms with Gasteiger partial charge in [0.2, 0.25) is 0 Å². The number of rotatable bonds is 4. The van der Waals surface area contributed by atoms with Gasteiger partial charge < -0.3 is 10.8 Å². The molecule has 3 N–H and O–H groups in total. The molecule has 6 heteroatoms. The van der Waals surface area contributed by atoms with Crippen LogP contribution in [0.15, 0.2) is 45.3 Å². The molecule has 2 rings (SSSR count). The molecule has 2 atom stereocenters. The molecule has 21 heavy (non-hydrogen) atoms. The van der Waals surface area contributed by atoms with Crippen molar-refractivity contribution in [3.63, 3.8) is 0 Å². The zero-order valence-corrected chi connectivity index (χ0v) is 14.8. The minimum Gasteiger partial charge on any atom is -0.388 e. The van der Waals surface area contributed by atoms with Crippen molar-refractivity contribution < 1.29 is 9.50 Å². The van der Waals surface area contributed by atoms with E-state index in [-0.39, 0.29) is 11.6 Å². The summed E-state index contributed by atoms with van der Waals surface area (Å²) in [6.07, 6.45) is -0.857. The Morgan fingerprint density at radius 1 is 1.14 bits per heavy atom. The standard InChI is InChI=1S/C15H13Br2ClFNO/c16-8-1-4-13(17)11(5-8)15(21)12(7-20)10-3-2-9(19)6-14(10)18/h1-6,12,15,21H,7,20H2. The summed E-state index contributed by atoms with van der Waals surface area (Å²) in [6.45, 7) is 0.186. The van der Waals surface area contributed by atoms with Gasteiger partial charge in [0.25, 0.3) is 0 Å². The van der Waals surface area contributed by atoms with Gasteiger partial charge in [0.1, 0.15) is 5.82 Å². The van der Waals surface area contributed by atoms with E-state index in [1.165, 1.54) is 12.1 Å². The Hall–Kier alpha value is -0.460. The molecular weight excluding hydrogens is 424 g/mol. The Morgan fingerprint density at radius 3 is 2.48 bits per heavy atom. The molecular formula is C15H13Br2ClFNO. The van der Waals surface area contributed by atoms with Crippen molar-refractivity contribution in [1.82, 2.24) is 0 Å². The average Bonchev–Trinajstić information content (AvgIpc) is 2.44. The second-order valence-electron chi connectivity index (χ2n) is 4.62. The third kappa shape index (κ3) is 3.85. The van der Waals surface area contributed by atoms with Gasteiger partial charge in [-0.3, -0.25) is 0 Å². The van der Waals surface area contributed by atoms with Crippen molar-refractivity contribution in [2.24, 2.45) is 5.73 Å². The maximum absolute atomic E-state index is 13.2. The van der Waals surface area contributed by atoms with Gasteiger partial charge in [-0.15, -0.1) is 0 Å². The molecule has 0 aromatic heterocycles. The van der Waals surface area contributed by atoms with Crippen LogP contribution in [0.5, 0.6) is 0 Å². The smallest absolute Gasteiger partial charge is 0.124 e. The molecule has 112 valence electrons. The van der Waals surface area contributed by atoms with Crippen LogP contribution in [0.2, 0.25) is 5.02 Å². The van der Waals surface area contributed by atoms with Crippen molar-refractivity contribution in [2.45, 2.75) is 12.0 Å². The number of nitrogens with two attached hydrogens (primary N) is 1. The average molecular weight is 438 g/mol. The van der Waals surface area contributed by atoms with E-state index < -0.39 is 17.8 Å². The summed E-state index contributed by atoms with van der Waals surface area (Å²) >= 11 is 12.9. The Morgan fingerprint density at radius 2 is 1.86 bits per heavy atom. The first-order valence-corrected chi connectivity index (χ1v) is 8.18. The molecule has 0 bridgehead atoms. The van der Waals surface area contributed by atoms with Gasteiger partial charge in [-0.1, -0.05) is 49.5 Å². The van der Waals surface area contributed by atoms with E-state index in [1.54, 1.807) is 6.07 Å². The van der Waals surface area contributed by atoms with Crippen LogP contribution in [0, 0.1) is 5.82 Å². The fraction of sp³-hybridized carbons (Fsp3) is 0.200. The van der Waals surface area contributed by atoms with Crippen LogP contribution in [-0.2, 0) is 0 Å². The maximum atomic E-state index is 13.2. The summed E-state index contributed by atoms with van der Waals surface area (Å²) < 4.78 is 14.8. The molecule has 0 fully saturated rings. The molecule has 2 aromatic carbocycles. The minimum atomic E-state index is -0.857. The van der Waals surface area contributed by atoms with E-state index in [1.807, 2.05) is 18.2 Å². The van der Waals surface area contributed by atoms with Crippen LogP contribution in [0.4, 0.5) is 4.39 Å². The first-order chi connectivity index (χ1) is 9.93. The lowest BCUT2D eigenvalue weighted by Gasteiger charge is -2.24. The van der Waals surface area contributed by atoms with E-state index in [4.69, 9.17) is 17.3 Å². The first kappa shape index (κ1) is 16.9. The van der Waals surface area contributed by atoms with Gasteiger partial charge in [-0.05, 0) is 41.5 Å². The van der Waals surface area contributed by atoms with Gasteiger partial charge >= 0.3 is 0 Å². The molecule has 0 amide bonds. The fourth-order valence-electron chi connectivity index (χ4n) is 2.19. The van der Waals surface area contributed by atoms with Crippen molar-refractivity contribution in [3.8, 4) is 0 Å². The first-order valence-electron chi connectivity index (χ1n) is 6.22. The Kier molecular flexibility index (Phi) is 5.80. The van der Waals surface area contributed by atoms with Gasteiger partial charge in [0.15, 0.2) is 0 Å². The van der Waals surface area contributed by atoms with E-state index >= 15 is 0 Å². The largest absolute Gasteiger partial charge is 0.388 e. The molecule has 0 radical (unpaired) electrons. The molecule has 2 aromatic rings.